The van der Waals surface area contributed by atoms with Gasteiger partial charge in [-0.3, -0.25) is 10.1 Å². The van der Waals surface area contributed by atoms with E-state index in [0.29, 0.717) is 0 Å². The predicted molar refractivity (Wildman–Crippen MR) is 91.0 cm³/mol. The Balaban J connectivity index is 2.19. The molecular weight excluding hydrogens is 314 g/mol. The molecule has 2 aromatic rings. The SMILES string of the molecule is COC(=O)C1NC(c2ccccc2)C(C#N)(C#N)C1c1ccccc1. The second-order valence-electron chi connectivity index (χ2n) is 5.99. The first-order chi connectivity index (χ1) is 12.2. The molecule has 0 aliphatic carbocycles. The highest BCUT2D eigenvalue weighted by molar-refractivity contribution is 5.79. The highest BCUT2D eigenvalue weighted by Gasteiger charge is 2.59. The zero-order valence-corrected chi connectivity index (χ0v) is 13.7. The molecule has 0 amide bonds. The molecule has 3 rings (SSSR count). The predicted octanol–water partition coefficient (Wildman–Crippen LogP) is 2.69. The fourth-order valence-electron chi connectivity index (χ4n) is 3.59. The summed E-state index contributed by atoms with van der Waals surface area (Å²) in [7, 11) is 1.31. The summed E-state index contributed by atoms with van der Waals surface area (Å²) in [5, 5.41) is 23.2. The van der Waals surface area contributed by atoms with E-state index in [1.807, 2.05) is 60.7 Å². The number of carbonyl (C=O) groups is 1. The van der Waals surface area contributed by atoms with E-state index in [2.05, 4.69) is 17.5 Å². The largest absolute Gasteiger partial charge is 0.468 e. The molecule has 0 bridgehead atoms. The van der Waals surface area contributed by atoms with E-state index in [0.717, 1.165) is 11.1 Å². The van der Waals surface area contributed by atoms with Gasteiger partial charge in [0.1, 0.15) is 6.04 Å². The number of hydrogen-bond donors (Lipinski definition) is 1. The maximum Gasteiger partial charge on any atom is 0.323 e. The maximum absolute atomic E-state index is 12.4. The van der Waals surface area contributed by atoms with Crippen LogP contribution in [0.25, 0.3) is 0 Å². The third-order valence-corrected chi connectivity index (χ3v) is 4.74. The van der Waals surface area contributed by atoms with Crippen LogP contribution < -0.4 is 5.32 Å². The van der Waals surface area contributed by atoms with Crippen molar-refractivity contribution >= 4 is 5.97 Å². The molecule has 3 unspecified atom stereocenters. The maximum atomic E-state index is 12.4. The van der Waals surface area contributed by atoms with E-state index in [9.17, 15) is 15.3 Å². The number of nitrogens with zero attached hydrogens (tertiary/aromatic N) is 2. The Morgan fingerprint density at radius 2 is 1.52 bits per heavy atom. The van der Waals surface area contributed by atoms with Gasteiger partial charge in [0.05, 0.1) is 25.3 Å². The number of nitriles is 2. The minimum Gasteiger partial charge on any atom is -0.468 e. The van der Waals surface area contributed by atoms with Crippen LogP contribution in [0.3, 0.4) is 0 Å². The van der Waals surface area contributed by atoms with Crippen LogP contribution in [0.5, 0.6) is 0 Å². The Kier molecular flexibility index (Phi) is 4.52. The van der Waals surface area contributed by atoms with Crippen molar-refractivity contribution < 1.29 is 9.53 Å². The molecule has 0 aromatic heterocycles. The van der Waals surface area contributed by atoms with Gasteiger partial charge in [-0.05, 0) is 11.1 Å². The summed E-state index contributed by atoms with van der Waals surface area (Å²) >= 11 is 0. The molecule has 1 saturated heterocycles. The molecule has 0 saturated carbocycles. The summed E-state index contributed by atoms with van der Waals surface area (Å²) < 4.78 is 4.93. The monoisotopic (exact) mass is 331 g/mol. The standard InChI is InChI=1S/C20H17N3O2/c1-25-19(24)17-16(14-8-4-2-5-9-14)20(12-21,13-22)18(23-17)15-10-6-3-7-11-15/h2-11,16-18,23H,1H3. The van der Waals surface area contributed by atoms with Gasteiger partial charge in [-0.15, -0.1) is 0 Å². The van der Waals surface area contributed by atoms with Crippen molar-refractivity contribution in [3.63, 3.8) is 0 Å². The molecule has 3 atom stereocenters. The van der Waals surface area contributed by atoms with E-state index >= 15 is 0 Å². The average molecular weight is 331 g/mol. The lowest BCUT2D eigenvalue weighted by Crippen LogP contribution is -2.37. The summed E-state index contributed by atoms with van der Waals surface area (Å²) in [6.07, 6.45) is 0. The van der Waals surface area contributed by atoms with Gasteiger partial charge in [0.2, 0.25) is 0 Å². The molecule has 0 radical (unpaired) electrons. The second kappa shape index (κ2) is 6.76. The quantitative estimate of drug-likeness (QED) is 0.874. The average Bonchev–Trinajstić information content (AvgIpc) is 3.04. The van der Waals surface area contributed by atoms with Crippen LogP contribution in [0.1, 0.15) is 23.1 Å². The Bertz CT molecular complexity index is 823. The van der Waals surface area contributed by atoms with Crippen molar-refractivity contribution in [3.8, 4) is 12.1 Å². The van der Waals surface area contributed by atoms with Gasteiger partial charge in [-0.2, -0.15) is 10.5 Å². The number of benzene rings is 2. The lowest BCUT2D eigenvalue weighted by atomic mass is 9.69. The van der Waals surface area contributed by atoms with Crippen molar-refractivity contribution in [2.45, 2.75) is 18.0 Å². The summed E-state index contributed by atoms with van der Waals surface area (Å²) in [6, 6.07) is 21.5. The topological polar surface area (TPSA) is 85.9 Å². The van der Waals surface area contributed by atoms with Crippen LogP contribution in [0, 0.1) is 28.1 Å². The van der Waals surface area contributed by atoms with Crippen molar-refractivity contribution in [2.75, 3.05) is 7.11 Å². The van der Waals surface area contributed by atoms with Gasteiger partial charge in [0.25, 0.3) is 0 Å². The van der Waals surface area contributed by atoms with Crippen LogP contribution >= 0.6 is 0 Å². The molecule has 25 heavy (non-hydrogen) atoms. The van der Waals surface area contributed by atoms with Crippen LogP contribution in [0.2, 0.25) is 0 Å². The number of methoxy groups -OCH3 is 1. The van der Waals surface area contributed by atoms with E-state index in [1.54, 1.807) is 0 Å². The molecule has 1 fully saturated rings. The van der Waals surface area contributed by atoms with Gasteiger partial charge in [0.15, 0.2) is 5.41 Å². The molecule has 5 heteroatoms. The van der Waals surface area contributed by atoms with Gasteiger partial charge in [-0.25, -0.2) is 0 Å². The lowest BCUT2D eigenvalue weighted by Gasteiger charge is -2.27. The van der Waals surface area contributed by atoms with Crippen molar-refractivity contribution in [3.05, 3.63) is 71.8 Å². The number of hydrogen-bond acceptors (Lipinski definition) is 5. The second-order valence-corrected chi connectivity index (χ2v) is 5.99. The molecule has 1 aliphatic rings. The number of rotatable bonds is 3. The van der Waals surface area contributed by atoms with Crippen LogP contribution in [0.15, 0.2) is 60.7 Å². The molecule has 1 heterocycles. The Morgan fingerprint density at radius 3 is 2.00 bits per heavy atom. The number of nitrogens with one attached hydrogen (secondary N) is 1. The Labute approximate surface area is 146 Å². The van der Waals surface area contributed by atoms with E-state index in [1.165, 1.54) is 7.11 Å². The third kappa shape index (κ3) is 2.65. The zero-order valence-electron chi connectivity index (χ0n) is 13.7. The highest BCUT2D eigenvalue weighted by atomic mass is 16.5. The first-order valence-corrected chi connectivity index (χ1v) is 7.94. The zero-order chi connectivity index (χ0) is 17.9. The Morgan fingerprint density at radius 1 is 1.00 bits per heavy atom. The van der Waals surface area contributed by atoms with E-state index < -0.39 is 29.4 Å². The number of ether oxygens (including phenoxy) is 1. The Hall–Kier alpha value is -3.15. The first kappa shape index (κ1) is 16.7. The molecule has 5 nitrogen and oxygen atoms in total. The fourth-order valence-corrected chi connectivity index (χ4v) is 3.59. The van der Waals surface area contributed by atoms with Crippen molar-refractivity contribution in [1.82, 2.24) is 5.32 Å². The molecule has 2 aromatic carbocycles. The van der Waals surface area contributed by atoms with E-state index in [-0.39, 0.29) is 0 Å². The third-order valence-electron chi connectivity index (χ3n) is 4.74. The minimum atomic E-state index is -1.43. The molecule has 1 aliphatic heterocycles. The first-order valence-electron chi connectivity index (χ1n) is 7.94. The van der Waals surface area contributed by atoms with E-state index in [4.69, 9.17) is 4.74 Å². The summed E-state index contributed by atoms with van der Waals surface area (Å²) in [5.41, 5.74) is 0.117. The minimum absolute atomic E-state index is 0.484. The van der Waals surface area contributed by atoms with Gasteiger partial charge in [-0.1, -0.05) is 60.7 Å². The van der Waals surface area contributed by atoms with Gasteiger partial charge in [0, 0.05) is 5.92 Å². The summed E-state index contributed by atoms with van der Waals surface area (Å²) in [4.78, 5) is 12.4. The number of esters is 1. The number of carbonyl (C=O) groups excluding carboxylic acids is 1. The van der Waals surface area contributed by atoms with Gasteiger partial charge < -0.3 is 4.74 Å². The normalized spacial score (nSPS) is 24.0. The molecule has 1 N–H and O–H groups in total. The lowest BCUT2D eigenvalue weighted by molar-refractivity contribution is -0.143. The molecular formula is C20H17N3O2. The summed E-state index contributed by atoms with van der Waals surface area (Å²) in [6.45, 7) is 0. The smallest absolute Gasteiger partial charge is 0.323 e. The van der Waals surface area contributed by atoms with Crippen molar-refractivity contribution in [1.29, 1.82) is 10.5 Å². The highest BCUT2D eigenvalue weighted by Crippen LogP contribution is 2.52. The molecule has 124 valence electrons. The summed E-state index contributed by atoms with van der Waals surface area (Å²) in [5.74, 6) is -1.12. The van der Waals surface area contributed by atoms with Crippen LogP contribution in [0.4, 0.5) is 0 Å². The van der Waals surface area contributed by atoms with Crippen LogP contribution in [-0.4, -0.2) is 19.1 Å². The van der Waals surface area contributed by atoms with Crippen LogP contribution in [-0.2, 0) is 9.53 Å². The fraction of sp³-hybridized carbons (Fsp3) is 0.250. The van der Waals surface area contributed by atoms with Crippen molar-refractivity contribution in [2.24, 2.45) is 5.41 Å². The van der Waals surface area contributed by atoms with Gasteiger partial charge >= 0.3 is 5.97 Å². The molecule has 0 spiro atoms.